The van der Waals surface area contributed by atoms with Crippen molar-refractivity contribution in [1.82, 2.24) is 0 Å². The minimum atomic E-state index is -0.516. The van der Waals surface area contributed by atoms with Crippen LogP contribution in [0.5, 0.6) is 0 Å². The van der Waals surface area contributed by atoms with Crippen LogP contribution in [0.4, 0.5) is 0 Å². The summed E-state index contributed by atoms with van der Waals surface area (Å²) in [5.41, 5.74) is 0.833. The number of cyclic esters (lactones) is 2. The van der Waals surface area contributed by atoms with Crippen LogP contribution >= 0.6 is 0 Å². The van der Waals surface area contributed by atoms with E-state index >= 15 is 0 Å². The predicted molar refractivity (Wildman–Crippen MR) is 29.5 cm³/mol. The van der Waals surface area contributed by atoms with Crippen molar-refractivity contribution in [2.75, 3.05) is 0 Å². The van der Waals surface area contributed by atoms with E-state index in [2.05, 4.69) is 4.74 Å². The third kappa shape index (κ3) is 1.30. The van der Waals surface area contributed by atoms with Gasteiger partial charge >= 0.3 is 11.9 Å². The van der Waals surface area contributed by atoms with Crippen molar-refractivity contribution in [2.45, 2.75) is 13.8 Å². The molecule has 0 amide bonds. The number of hydrogen-bond acceptors (Lipinski definition) is 3. The first-order valence-corrected chi connectivity index (χ1v) is 2.57. The molecule has 0 aliphatic carbocycles. The van der Waals surface area contributed by atoms with Crippen LogP contribution in [0, 0.1) is 0 Å². The van der Waals surface area contributed by atoms with E-state index in [1.807, 2.05) is 0 Å². The molecule has 0 spiro atoms. The van der Waals surface area contributed by atoms with Crippen molar-refractivity contribution in [2.24, 2.45) is 0 Å². The van der Waals surface area contributed by atoms with Gasteiger partial charge in [0.15, 0.2) is 0 Å². The second-order valence-electron chi connectivity index (χ2n) is 1.93. The summed E-state index contributed by atoms with van der Waals surface area (Å²) in [4.78, 5) is 21.0. The maximum atomic E-state index is 10.5. The summed E-state index contributed by atoms with van der Waals surface area (Å²) >= 11 is 0. The zero-order valence-corrected chi connectivity index (χ0v) is 7.07. The van der Waals surface area contributed by atoms with Gasteiger partial charge in [0.05, 0.1) is 0 Å². The molecule has 1 rings (SSSR count). The van der Waals surface area contributed by atoms with E-state index in [-0.39, 0.29) is 18.6 Å². The fraction of sp³-hybridized carbons (Fsp3) is 0.333. The molecule has 0 N–H and O–H groups in total. The van der Waals surface area contributed by atoms with Crippen LogP contribution in [0.3, 0.4) is 0 Å². The molecule has 0 aromatic rings. The quantitative estimate of drug-likeness (QED) is 0.397. The van der Waals surface area contributed by atoms with Crippen molar-refractivity contribution < 1.29 is 32.9 Å². The molecule has 0 aromatic heterocycles. The van der Waals surface area contributed by atoms with Crippen LogP contribution in [0.2, 0.25) is 0 Å². The predicted octanol–water partition coefficient (Wildman–Crippen LogP) is 0.404. The van der Waals surface area contributed by atoms with Gasteiger partial charge in [0.25, 0.3) is 0 Å². The molecule has 3 nitrogen and oxygen atoms in total. The van der Waals surface area contributed by atoms with Crippen LogP contribution in [0.15, 0.2) is 11.1 Å². The van der Waals surface area contributed by atoms with E-state index in [0.29, 0.717) is 11.1 Å². The molecule has 0 aromatic carbocycles. The molecule has 1 heterocycles. The van der Waals surface area contributed by atoms with Gasteiger partial charge in [-0.05, 0) is 13.8 Å². The first-order valence-electron chi connectivity index (χ1n) is 2.57. The minimum Gasteiger partial charge on any atom is -0.386 e. The summed E-state index contributed by atoms with van der Waals surface area (Å²) in [6.45, 7) is 3.14. The Balaban J connectivity index is 0.000000810. The van der Waals surface area contributed by atoms with E-state index < -0.39 is 11.9 Å². The summed E-state index contributed by atoms with van der Waals surface area (Å²) in [5, 5.41) is 0. The average molecular weight is 177 g/mol. The molecular weight excluding hydrogens is 171 g/mol. The average Bonchev–Trinajstić information content (AvgIpc) is 1.98. The van der Waals surface area contributed by atoms with Gasteiger partial charge < -0.3 is 4.74 Å². The molecule has 0 saturated carbocycles. The summed E-state index contributed by atoms with van der Waals surface area (Å²) in [7, 11) is 0. The first-order chi connectivity index (χ1) is 4.13. The SMILES string of the molecule is CC1=C(C)C(=O)OC1=O.[V]. The van der Waals surface area contributed by atoms with Gasteiger partial charge in [-0.2, -0.15) is 0 Å². The maximum Gasteiger partial charge on any atom is 0.342 e. The topological polar surface area (TPSA) is 43.4 Å². The Labute approximate surface area is 70.3 Å². The zero-order valence-electron chi connectivity index (χ0n) is 5.67. The molecule has 53 valence electrons. The van der Waals surface area contributed by atoms with E-state index in [9.17, 15) is 9.59 Å². The van der Waals surface area contributed by atoms with Gasteiger partial charge in [0.2, 0.25) is 0 Å². The molecular formula is C6H6O3V. The monoisotopic (exact) mass is 177 g/mol. The fourth-order valence-electron chi connectivity index (χ4n) is 0.543. The normalized spacial score (nSPS) is 17.0. The van der Waals surface area contributed by atoms with Crippen LogP contribution in [0.25, 0.3) is 0 Å². The van der Waals surface area contributed by atoms with Crippen LogP contribution in [-0.4, -0.2) is 11.9 Å². The standard InChI is InChI=1S/C6H6O3.V/c1-3-4(2)6(8)9-5(3)7;/h1-2H3;. The molecule has 1 aliphatic rings. The van der Waals surface area contributed by atoms with Gasteiger partial charge in [-0.25, -0.2) is 9.59 Å². The van der Waals surface area contributed by atoms with E-state index in [4.69, 9.17) is 0 Å². The summed E-state index contributed by atoms with van der Waals surface area (Å²) in [5.74, 6) is -1.03. The Morgan fingerprint density at radius 1 is 1.00 bits per heavy atom. The van der Waals surface area contributed by atoms with Crippen molar-refractivity contribution >= 4 is 11.9 Å². The van der Waals surface area contributed by atoms with Crippen molar-refractivity contribution in [3.8, 4) is 0 Å². The molecule has 0 unspecified atom stereocenters. The maximum absolute atomic E-state index is 10.5. The fourth-order valence-corrected chi connectivity index (χ4v) is 0.543. The molecule has 0 bridgehead atoms. The Hall–Kier alpha value is -0.536. The van der Waals surface area contributed by atoms with E-state index in [1.54, 1.807) is 13.8 Å². The molecule has 4 heteroatoms. The Kier molecular flexibility index (Phi) is 2.87. The van der Waals surface area contributed by atoms with Crippen LogP contribution < -0.4 is 0 Å². The number of carbonyl (C=O) groups is 2. The second kappa shape index (κ2) is 3.04. The van der Waals surface area contributed by atoms with E-state index in [0.717, 1.165) is 0 Å². The Morgan fingerprint density at radius 2 is 1.30 bits per heavy atom. The molecule has 10 heavy (non-hydrogen) atoms. The summed E-state index contributed by atoms with van der Waals surface area (Å²) < 4.78 is 4.23. The summed E-state index contributed by atoms with van der Waals surface area (Å²) in [6.07, 6.45) is 0. The molecule has 1 radical (unpaired) electrons. The molecule has 0 fully saturated rings. The van der Waals surface area contributed by atoms with Gasteiger partial charge in [0.1, 0.15) is 0 Å². The smallest absolute Gasteiger partial charge is 0.342 e. The van der Waals surface area contributed by atoms with Crippen molar-refractivity contribution in [3.63, 3.8) is 0 Å². The van der Waals surface area contributed by atoms with Gasteiger partial charge in [0, 0.05) is 29.7 Å². The third-order valence-corrected chi connectivity index (χ3v) is 1.36. The van der Waals surface area contributed by atoms with Crippen molar-refractivity contribution in [1.29, 1.82) is 0 Å². The van der Waals surface area contributed by atoms with Gasteiger partial charge in [-0.1, -0.05) is 0 Å². The number of esters is 2. The summed E-state index contributed by atoms with van der Waals surface area (Å²) in [6, 6.07) is 0. The van der Waals surface area contributed by atoms with Crippen LogP contribution in [-0.2, 0) is 32.9 Å². The Morgan fingerprint density at radius 3 is 1.40 bits per heavy atom. The third-order valence-electron chi connectivity index (χ3n) is 1.36. The second-order valence-corrected chi connectivity index (χ2v) is 1.93. The number of carbonyl (C=O) groups excluding carboxylic acids is 2. The largest absolute Gasteiger partial charge is 0.386 e. The Bertz CT molecular complexity index is 195. The number of ether oxygens (including phenoxy) is 1. The minimum absolute atomic E-state index is 0. The number of rotatable bonds is 0. The van der Waals surface area contributed by atoms with Crippen LogP contribution in [0.1, 0.15) is 13.8 Å². The molecule has 1 aliphatic heterocycles. The zero-order chi connectivity index (χ0) is 7.02. The molecule has 0 atom stereocenters. The number of hydrogen-bond donors (Lipinski definition) is 0. The van der Waals surface area contributed by atoms with Gasteiger partial charge in [-0.3, -0.25) is 0 Å². The first kappa shape index (κ1) is 9.46. The van der Waals surface area contributed by atoms with E-state index in [1.165, 1.54) is 0 Å². The van der Waals surface area contributed by atoms with Gasteiger partial charge in [-0.15, -0.1) is 0 Å². The van der Waals surface area contributed by atoms with Crippen molar-refractivity contribution in [3.05, 3.63) is 11.1 Å². The molecule has 0 saturated heterocycles.